The average molecular weight is 371 g/mol. The van der Waals surface area contributed by atoms with Crippen LogP contribution in [0.1, 0.15) is 21.9 Å². The molecule has 27 heavy (non-hydrogen) atoms. The standard InChI is InChI=1S/C17H13N3O7/c21-17(12-7-13(19(22)23)9-14(8-12)20(24)25)18(10-15-3-1-5-26-15)11-16-4-2-6-27-16/h1-9H,10-11H2. The van der Waals surface area contributed by atoms with Crippen LogP contribution in [0.25, 0.3) is 0 Å². The van der Waals surface area contributed by atoms with E-state index in [1.165, 1.54) is 17.4 Å². The van der Waals surface area contributed by atoms with E-state index in [4.69, 9.17) is 8.83 Å². The Morgan fingerprint density at radius 3 is 1.74 bits per heavy atom. The van der Waals surface area contributed by atoms with Gasteiger partial charge in [-0.15, -0.1) is 0 Å². The molecule has 10 heteroatoms. The lowest BCUT2D eigenvalue weighted by molar-refractivity contribution is -0.394. The molecular formula is C17H13N3O7. The molecule has 0 bridgehead atoms. The van der Waals surface area contributed by atoms with Crippen molar-refractivity contribution >= 4 is 17.3 Å². The van der Waals surface area contributed by atoms with E-state index in [-0.39, 0.29) is 18.7 Å². The van der Waals surface area contributed by atoms with Gasteiger partial charge in [0.15, 0.2) is 0 Å². The Morgan fingerprint density at radius 2 is 1.37 bits per heavy atom. The molecule has 0 atom stereocenters. The Kier molecular flexibility index (Phi) is 4.97. The zero-order valence-electron chi connectivity index (χ0n) is 13.8. The molecule has 3 aromatic rings. The predicted molar refractivity (Wildman–Crippen MR) is 90.7 cm³/mol. The minimum Gasteiger partial charge on any atom is -0.467 e. The molecule has 0 aliphatic carbocycles. The maximum atomic E-state index is 12.9. The highest BCUT2D eigenvalue weighted by Gasteiger charge is 2.24. The van der Waals surface area contributed by atoms with Gasteiger partial charge < -0.3 is 13.7 Å². The Hall–Kier alpha value is -3.95. The number of rotatable bonds is 7. The third-order valence-electron chi connectivity index (χ3n) is 3.71. The van der Waals surface area contributed by atoms with E-state index < -0.39 is 27.1 Å². The molecule has 2 aromatic heterocycles. The first kappa shape index (κ1) is 17.9. The van der Waals surface area contributed by atoms with Gasteiger partial charge in [-0.2, -0.15) is 0 Å². The number of carbonyl (C=O) groups is 1. The van der Waals surface area contributed by atoms with Gasteiger partial charge in [-0.05, 0) is 24.3 Å². The summed E-state index contributed by atoms with van der Waals surface area (Å²) >= 11 is 0. The number of hydrogen-bond donors (Lipinski definition) is 0. The van der Waals surface area contributed by atoms with Crippen LogP contribution in [-0.2, 0) is 13.1 Å². The van der Waals surface area contributed by atoms with E-state index >= 15 is 0 Å². The molecule has 0 fully saturated rings. The molecule has 0 N–H and O–H groups in total. The van der Waals surface area contributed by atoms with E-state index in [1.807, 2.05) is 0 Å². The number of nitro groups is 2. The molecule has 0 unspecified atom stereocenters. The van der Waals surface area contributed by atoms with Crippen molar-refractivity contribution in [1.29, 1.82) is 0 Å². The quantitative estimate of drug-likeness (QED) is 0.458. The second-order valence-corrected chi connectivity index (χ2v) is 5.57. The fourth-order valence-corrected chi connectivity index (χ4v) is 2.49. The van der Waals surface area contributed by atoms with Crippen LogP contribution in [0.4, 0.5) is 11.4 Å². The van der Waals surface area contributed by atoms with Crippen molar-refractivity contribution in [1.82, 2.24) is 4.90 Å². The summed E-state index contributed by atoms with van der Waals surface area (Å²) in [7, 11) is 0. The minimum atomic E-state index is -0.785. The summed E-state index contributed by atoms with van der Waals surface area (Å²) < 4.78 is 10.5. The van der Waals surface area contributed by atoms with E-state index in [9.17, 15) is 25.0 Å². The smallest absolute Gasteiger partial charge is 0.277 e. The summed E-state index contributed by atoms with van der Waals surface area (Å²) in [6.07, 6.45) is 2.90. The van der Waals surface area contributed by atoms with Crippen molar-refractivity contribution in [3.8, 4) is 0 Å². The molecule has 0 saturated carbocycles. The van der Waals surface area contributed by atoms with Gasteiger partial charge in [-0.1, -0.05) is 0 Å². The van der Waals surface area contributed by atoms with Gasteiger partial charge in [0.25, 0.3) is 17.3 Å². The Bertz CT molecular complexity index is 896. The van der Waals surface area contributed by atoms with Crippen LogP contribution in [0, 0.1) is 20.2 Å². The van der Waals surface area contributed by atoms with Crippen LogP contribution < -0.4 is 0 Å². The fraction of sp³-hybridized carbons (Fsp3) is 0.118. The number of nitro benzene ring substituents is 2. The van der Waals surface area contributed by atoms with E-state index in [0.29, 0.717) is 11.5 Å². The van der Waals surface area contributed by atoms with Crippen LogP contribution >= 0.6 is 0 Å². The van der Waals surface area contributed by atoms with E-state index in [2.05, 4.69) is 0 Å². The SMILES string of the molecule is O=C(c1cc([N+](=O)[O-])cc([N+](=O)[O-])c1)N(Cc1ccco1)Cc1ccco1. The lowest BCUT2D eigenvalue weighted by atomic mass is 10.1. The fourth-order valence-electron chi connectivity index (χ4n) is 2.49. The molecule has 0 saturated heterocycles. The molecular weight excluding hydrogens is 358 g/mol. The maximum Gasteiger partial charge on any atom is 0.277 e. The van der Waals surface area contributed by atoms with Gasteiger partial charge in [-0.3, -0.25) is 25.0 Å². The first-order chi connectivity index (χ1) is 12.9. The van der Waals surface area contributed by atoms with Gasteiger partial charge in [0, 0.05) is 12.1 Å². The van der Waals surface area contributed by atoms with Gasteiger partial charge >= 0.3 is 0 Å². The van der Waals surface area contributed by atoms with Crippen LogP contribution in [0.15, 0.2) is 63.8 Å². The molecule has 0 radical (unpaired) electrons. The van der Waals surface area contributed by atoms with Crippen LogP contribution in [0.3, 0.4) is 0 Å². The van der Waals surface area contributed by atoms with Crippen molar-refractivity contribution in [2.45, 2.75) is 13.1 Å². The van der Waals surface area contributed by atoms with Crippen molar-refractivity contribution in [2.24, 2.45) is 0 Å². The molecule has 0 aliphatic heterocycles. The van der Waals surface area contributed by atoms with Crippen LogP contribution in [0.2, 0.25) is 0 Å². The zero-order valence-corrected chi connectivity index (χ0v) is 13.8. The monoisotopic (exact) mass is 371 g/mol. The van der Waals surface area contributed by atoms with Crippen molar-refractivity contribution in [3.05, 3.63) is 92.3 Å². The Labute approximate surface area is 151 Å². The van der Waals surface area contributed by atoms with E-state index in [0.717, 1.165) is 18.2 Å². The number of nitrogens with zero attached hydrogens (tertiary/aromatic N) is 3. The summed E-state index contributed by atoms with van der Waals surface area (Å²) in [5.41, 5.74) is -1.25. The van der Waals surface area contributed by atoms with Crippen molar-refractivity contribution in [3.63, 3.8) is 0 Å². The molecule has 138 valence electrons. The normalized spacial score (nSPS) is 10.5. The first-order valence-electron chi connectivity index (χ1n) is 7.72. The van der Waals surface area contributed by atoms with Crippen LogP contribution in [0.5, 0.6) is 0 Å². The highest BCUT2D eigenvalue weighted by Crippen LogP contribution is 2.25. The number of hydrogen-bond acceptors (Lipinski definition) is 7. The predicted octanol–water partition coefficient (Wildman–Crippen LogP) is 3.53. The largest absolute Gasteiger partial charge is 0.467 e. The Morgan fingerprint density at radius 1 is 0.889 bits per heavy atom. The first-order valence-corrected chi connectivity index (χ1v) is 7.72. The summed E-state index contributed by atoms with van der Waals surface area (Å²) in [4.78, 5) is 34.8. The molecule has 10 nitrogen and oxygen atoms in total. The number of carbonyl (C=O) groups excluding carboxylic acids is 1. The molecule has 1 aromatic carbocycles. The summed E-state index contributed by atoms with van der Waals surface area (Å²) in [5, 5.41) is 22.1. The van der Waals surface area contributed by atoms with Crippen molar-refractivity contribution in [2.75, 3.05) is 0 Å². The van der Waals surface area contributed by atoms with Crippen molar-refractivity contribution < 1.29 is 23.5 Å². The second-order valence-electron chi connectivity index (χ2n) is 5.57. The molecule has 2 heterocycles. The molecule has 1 amide bonds. The van der Waals surface area contributed by atoms with Gasteiger partial charge in [0.2, 0.25) is 0 Å². The van der Waals surface area contributed by atoms with Gasteiger partial charge in [0.1, 0.15) is 11.5 Å². The van der Waals surface area contributed by atoms with Gasteiger partial charge in [0.05, 0.1) is 47.1 Å². The maximum absolute atomic E-state index is 12.9. The third-order valence-corrected chi connectivity index (χ3v) is 3.71. The number of benzene rings is 1. The summed E-state index contributed by atoms with van der Waals surface area (Å²) in [6, 6.07) is 9.46. The number of amides is 1. The topological polar surface area (TPSA) is 133 Å². The summed E-state index contributed by atoms with van der Waals surface area (Å²) in [5.74, 6) is 0.333. The zero-order chi connectivity index (χ0) is 19.4. The number of non-ortho nitro benzene ring substituents is 2. The minimum absolute atomic E-state index is 0.0586. The Balaban J connectivity index is 1.97. The molecule has 0 aliphatic rings. The number of furan rings is 2. The molecule has 0 spiro atoms. The average Bonchev–Trinajstić information content (AvgIpc) is 3.34. The lowest BCUT2D eigenvalue weighted by Gasteiger charge is -2.20. The van der Waals surface area contributed by atoms with Gasteiger partial charge in [-0.25, -0.2) is 0 Å². The highest BCUT2D eigenvalue weighted by molar-refractivity contribution is 5.95. The van der Waals surface area contributed by atoms with Crippen LogP contribution in [-0.4, -0.2) is 20.7 Å². The lowest BCUT2D eigenvalue weighted by Crippen LogP contribution is -2.30. The van der Waals surface area contributed by atoms with E-state index in [1.54, 1.807) is 24.3 Å². The second kappa shape index (κ2) is 7.52. The highest BCUT2D eigenvalue weighted by atomic mass is 16.6. The summed E-state index contributed by atoms with van der Waals surface area (Å²) in [6.45, 7) is 0.117. The third kappa shape index (κ3) is 4.18. The molecule has 3 rings (SSSR count).